The summed E-state index contributed by atoms with van der Waals surface area (Å²) in [5, 5.41) is 8.77. The third-order valence-corrected chi connectivity index (χ3v) is 2.92. The minimum atomic E-state index is 0. The van der Waals surface area contributed by atoms with Crippen molar-refractivity contribution < 1.29 is 10.2 Å². The molecule has 0 saturated carbocycles. The Morgan fingerprint density at radius 2 is 2.06 bits per heavy atom. The zero-order chi connectivity index (χ0) is 12.3. The van der Waals surface area contributed by atoms with Gasteiger partial charge in [0.1, 0.15) is 5.75 Å². The van der Waals surface area contributed by atoms with E-state index in [9.17, 15) is 0 Å². The maximum Gasteiger partial charge on any atom is 0.209 e. The number of hydrogen-bond acceptors (Lipinski definition) is 5. The molecule has 0 spiro atoms. The van der Waals surface area contributed by atoms with Crippen molar-refractivity contribution in [3.63, 3.8) is 0 Å². The van der Waals surface area contributed by atoms with Crippen LogP contribution in [0.1, 0.15) is 6.92 Å². The van der Waals surface area contributed by atoms with E-state index in [-0.39, 0.29) is 5.48 Å². The van der Waals surface area contributed by atoms with Crippen molar-refractivity contribution in [2.24, 2.45) is 0 Å². The first-order valence-electron chi connectivity index (χ1n) is 5.24. The predicted molar refractivity (Wildman–Crippen MR) is 72.2 cm³/mol. The molecule has 0 aliphatic rings. The zero-order valence-corrected chi connectivity index (χ0v) is 11.1. The molecule has 0 atom stereocenters. The second-order valence-corrected chi connectivity index (χ2v) is 4.08. The lowest BCUT2D eigenvalue weighted by Gasteiger charge is -2.09. The summed E-state index contributed by atoms with van der Waals surface area (Å²) in [4.78, 5) is 0. The molecule has 0 aliphatic carbocycles. The van der Waals surface area contributed by atoms with Gasteiger partial charge in [0.15, 0.2) is 5.82 Å². The van der Waals surface area contributed by atoms with Crippen molar-refractivity contribution in [1.29, 1.82) is 0 Å². The summed E-state index contributed by atoms with van der Waals surface area (Å²) >= 11 is 1.45. The predicted octanol–water partition coefficient (Wildman–Crippen LogP) is 0.955. The summed E-state index contributed by atoms with van der Waals surface area (Å²) in [6, 6.07) is 7.65. The zero-order valence-electron chi connectivity index (χ0n) is 10.3. The van der Waals surface area contributed by atoms with Crippen LogP contribution >= 0.6 is 11.8 Å². The largest absolute Gasteiger partial charge is 0.493 e. The lowest BCUT2D eigenvalue weighted by Crippen LogP contribution is -2.11. The second-order valence-electron chi connectivity index (χ2n) is 3.31. The number of hydrogen-bond donors (Lipinski definition) is 1. The molecular formula is C11H16N4O2S. The van der Waals surface area contributed by atoms with E-state index in [1.165, 1.54) is 16.4 Å². The molecule has 4 N–H and O–H groups in total. The molecule has 18 heavy (non-hydrogen) atoms. The summed E-state index contributed by atoms with van der Waals surface area (Å²) in [5.41, 5.74) is 0.852. The van der Waals surface area contributed by atoms with Gasteiger partial charge in [0.25, 0.3) is 0 Å². The Kier molecular flexibility index (Phi) is 4.99. The number of nitrogens with zero attached hydrogens (tertiary/aromatic N) is 3. The highest BCUT2D eigenvalue weighted by molar-refractivity contribution is 7.98. The summed E-state index contributed by atoms with van der Waals surface area (Å²) in [7, 11) is 0. The first kappa shape index (κ1) is 14.3. The van der Waals surface area contributed by atoms with E-state index in [1.807, 2.05) is 37.4 Å². The van der Waals surface area contributed by atoms with Gasteiger partial charge in [-0.2, -0.15) is 0 Å². The van der Waals surface area contributed by atoms with Crippen molar-refractivity contribution in [1.82, 2.24) is 14.9 Å². The second kappa shape index (κ2) is 6.27. The smallest absolute Gasteiger partial charge is 0.209 e. The molecule has 0 unspecified atom stereocenters. The number of aromatic nitrogens is 3. The molecule has 0 saturated heterocycles. The molecule has 0 radical (unpaired) electrons. The van der Waals surface area contributed by atoms with Gasteiger partial charge >= 0.3 is 0 Å². The van der Waals surface area contributed by atoms with Crippen molar-refractivity contribution >= 4 is 11.8 Å². The Morgan fingerprint density at radius 1 is 1.33 bits per heavy atom. The van der Waals surface area contributed by atoms with Crippen LogP contribution in [0.5, 0.6) is 5.75 Å². The molecule has 2 rings (SSSR count). The molecule has 2 aromatic rings. The average molecular weight is 268 g/mol. The monoisotopic (exact) mass is 268 g/mol. The van der Waals surface area contributed by atoms with Crippen molar-refractivity contribution in [2.75, 3.05) is 18.7 Å². The number of rotatable bonds is 4. The fourth-order valence-electron chi connectivity index (χ4n) is 1.53. The Labute approximate surface area is 109 Å². The Morgan fingerprint density at radius 3 is 2.67 bits per heavy atom. The van der Waals surface area contributed by atoms with E-state index in [2.05, 4.69) is 10.2 Å². The van der Waals surface area contributed by atoms with Crippen LogP contribution in [0.15, 0.2) is 29.4 Å². The maximum absolute atomic E-state index is 5.93. The summed E-state index contributed by atoms with van der Waals surface area (Å²) in [6.07, 6.45) is 1.91. The number of nitrogen functional groups attached to an aromatic ring is 1. The van der Waals surface area contributed by atoms with Gasteiger partial charge < -0.3 is 16.1 Å². The number of thioether (sulfide) groups is 1. The highest BCUT2D eigenvalue weighted by Crippen LogP contribution is 2.29. The van der Waals surface area contributed by atoms with Crippen molar-refractivity contribution in [3.05, 3.63) is 24.3 Å². The normalized spacial score (nSPS) is 9.89. The van der Waals surface area contributed by atoms with E-state index < -0.39 is 0 Å². The van der Waals surface area contributed by atoms with Crippen LogP contribution in [-0.4, -0.2) is 33.2 Å². The summed E-state index contributed by atoms with van der Waals surface area (Å²) in [5.74, 6) is 7.30. The van der Waals surface area contributed by atoms with Crippen LogP contribution in [-0.2, 0) is 0 Å². The Hall–Kier alpha value is -1.73. The van der Waals surface area contributed by atoms with Crippen LogP contribution in [0.25, 0.3) is 11.4 Å². The lowest BCUT2D eigenvalue weighted by atomic mass is 10.2. The van der Waals surface area contributed by atoms with E-state index >= 15 is 0 Å². The molecule has 0 aliphatic heterocycles. The molecule has 1 aromatic heterocycles. The van der Waals surface area contributed by atoms with Crippen LogP contribution in [0, 0.1) is 0 Å². The molecular weight excluding hydrogens is 252 g/mol. The van der Waals surface area contributed by atoms with E-state index in [0.29, 0.717) is 17.6 Å². The van der Waals surface area contributed by atoms with Gasteiger partial charge in [-0.05, 0) is 25.3 Å². The van der Waals surface area contributed by atoms with Crippen molar-refractivity contribution in [2.45, 2.75) is 12.1 Å². The van der Waals surface area contributed by atoms with Crippen molar-refractivity contribution in [3.8, 4) is 17.1 Å². The van der Waals surface area contributed by atoms with Gasteiger partial charge in [-0.3, -0.25) is 0 Å². The quantitative estimate of drug-likeness (QED) is 0.657. The minimum absolute atomic E-state index is 0. The topological polar surface area (TPSA) is 97.5 Å². The van der Waals surface area contributed by atoms with Crippen LogP contribution in [0.2, 0.25) is 0 Å². The first-order valence-corrected chi connectivity index (χ1v) is 6.47. The number of benzene rings is 1. The number of para-hydroxylation sites is 1. The fraction of sp³-hybridized carbons (Fsp3) is 0.273. The first-order chi connectivity index (χ1) is 8.27. The van der Waals surface area contributed by atoms with E-state index in [0.717, 1.165) is 11.3 Å². The van der Waals surface area contributed by atoms with Gasteiger partial charge in [0.2, 0.25) is 5.16 Å². The van der Waals surface area contributed by atoms with Gasteiger partial charge in [-0.25, -0.2) is 4.68 Å². The fourth-order valence-corrected chi connectivity index (χ4v) is 1.94. The maximum atomic E-state index is 5.93. The standard InChI is InChI=1S/C11H14N4OS.H2O/c1-3-16-9-7-5-4-6-8(9)10-13-14-11(17-2)15(10)12;/h4-7H,3,12H2,1-2H3;1H2. The lowest BCUT2D eigenvalue weighted by molar-refractivity contribution is 0.341. The summed E-state index contributed by atoms with van der Waals surface area (Å²) in [6.45, 7) is 2.54. The van der Waals surface area contributed by atoms with Gasteiger partial charge in [-0.15, -0.1) is 10.2 Å². The third kappa shape index (κ3) is 2.57. The molecule has 0 bridgehead atoms. The molecule has 1 aromatic carbocycles. The van der Waals surface area contributed by atoms with Crippen LogP contribution in [0.4, 0.5) is 0 Å². The molecule has 0 fully saturated rings. The molecule has 1 heterocycles. The Balaban J connectivity index is 0.00000162. The third-order valence-electron chi connectivity index (χ3n) is 2.27. The highest BCUT2D eigenvalue weighted by Gasteiger charge is 2.14. The van der Waals surface area contributed by atoms with Crippen LogP contribution in [0.3, 0.4) is 0 Å². The molecule has 6 nitrogen and oxygen atoms in total. The molecule has 0 amide bonds. The van der Waals surface area contributed by atoms with Gasteiger partial charge in [0.05, 0.1) is 12.2 Å². The van der Waals surface area contributed by atoms with Gasteiger partial charge in [-0.1, -0.05) is 23.9 Å². The number of ether oxygens (including phenoxy) is 1. The highest BCUT2D eigenvalue weighted by atomic mass is 32.2. The van der Waals surface area contributed by atoms with E-state index in [4.69, 9.17) is 10.6 Å². The summed E-state index contributed by atoms with van der Waals surface area (Å²) < 4.78 is 7.02. The molecule has 98 valence electrons. The van der Waals surface area contributed by atoms with E-state index in [1.54, 1.807) is 0 Å². The van der Waals surface area contributed by atoms with Crippen LogP contribution < -0.4 is 10.6 Å². The molecule has 7 heteroatoms. The minimum Gasteiger partial charge on any atom is -0.493 e. The SMILES string of the molecule is CCOc1ccccc1-c1nnc(SC)n1N.O. The number of nitrogens with two attached hydrogens (primary N) is 1. The van der Waals surface area contributed by atoms with Gasteiger partial charge in [0, 0.05) is 0 Å². The average Bonchev–Trinajstić information content (AvgIpc) is 2.72. The Bertz CT molecular complexity index is 515.